The lowest BCUT2D eigenvalue weighted by Gasteiger charge is -2.31. The average Bonchev–Trinajstić information content (AvgIpc) is 2.36. The highest BCUT2D eigenvalue weighted by Crippen LogP contribution is 2.23. The second-order valence-corrected chi connectivity index (χ2v) is 5.28. The lowest BCUT2D eigenvalue weighted by Crippen LogP contribution is -2.34. The molecular formula is C15H26N2. The van der Waals surface area contributed by atoms with Crippen molar-refractivity contribution in [2.45, 2.75) is 51.9 Å². The Labute approximate surface area is 106 Å². The maximum atomic E-state index is 8.71. The maximum Gasteiger partial charge on any atom is 0.0954 e. The molecule has 0 N–H and O–H groups in total. The summed E-state index contributed by atoms with van der Waals surface area (Å²) < 4.78 is 0. The molecule has 0 saturated carbocycles. The normalized spacial score (nSPS) is 17.9. The van der Waals surface area contributed by atoms with Crippen molar-refractivity contribution in [3.63, 3.8) is 0 Å². The van der Waals surface area contributed by atoms with Gasteiger partial charge in [-0.15, -0.1) is 0 Å². The Morgan fingerprint density at radius 2 is 2.00 bits per heavy atom. The molecule has 1 saturated heterocycles. The molecular weight excluding hydrogens is 208 g/mol. The Bertz CT molecular complexity index is 257. The van der Waals surface area contributed by atoms with Gasteiger partial charge in [-0.25, -0.2) is 0 Å². The van der Waals surface area contributed by atoms with Crippen LogP contribution in [0.5, 0.6) is 0 Å². The second-order valence-electron chi connectivity index (χ2n) is 5.28. The Morgan fingerprint density at radius 1 is 1.29 bits per heavy atom. The maximum absolute atomic E-state index is 8.71. The quantitative estimate of drug-likeness (QED) is 0.495. The van der Waals surface area contributed by atoms with Crippen molar-refractivity contribution in [1.82, 2.24) is 4.90 Å². The van der Waals surface area contributed by atoms with Crippen LogP contribution in [0.15, 0.2) is 12.2 Å². The predicted octanol–water partition coefficient (Wildman–Crippen LogP) is 3.75. The van der Waals surface area contributed by atoms with E-state index in [1.807, 2.05) is 0 Å². The lowest BCUT2D eigenvalue weighted by atomic mass is 9.91. The van der Waals surface area contributed by atoms with Gasteiger partial charge in [-0.2, -0.15) is 5.26 Å². The predicted molar refractivity (Wildman–Crippen MR) is 72.7 cm³/mol. The summed E-state index contributed by atoms with van der Waals surface area (Å²) in [7, 11) is 0. The van der Waals surface area contributed by atoms with E-state index >= 15 is 0 Å². The zero-order valence-electron chi connectivity index (χ0n) is 11.2. The Balaban J connectivity index is 2.09. The van der Waals surface area contributed by atoms with E-state index in [2.05, 4.69) is 24.5 Å². The van der Waals surface area contributed by atoms with Crippen LogP contribution in [0.3, 0.4) is 0 Å². The van der Waals surface area contributed by atoms with Crippen molar-refractivity contribution in [2.75, 3.05) is 19.6 Å². The van der Waals surface area contributed by atoms with Gasteiger partial charge in [-0.3, -0.25) is 4.90 Å². The fraction of sp³-hybridized carbons (Fsp3) is 0.800. The summed E-state index contributed by atoms with van der Waals surface area (Å²) >= 11 is 0. The standard InChI is InChI=1S/C15H26N2/c1-3-4-5-6-7-15-8-10-17(11-9-15)13-14(2)12-16/h15H,2-11,13H2,1H3. The van der Waals surface area contributed by atoms with Gasteiger partial charge in [-0.1, -0.05) is 45.6 Å². The molecule has 2 heteroatoms. The highest BCUT2D eigenvalue weighted by Gasteiger charge is 2.18. The fourth-order valence-electron chi connectivity index (χ4n) is 2.60. The highest BCUT2D eigenvalue weighted by molar-refractivity contribution is 5.17. The second kappa shape index (κ2) is 8.31. The van der Waals surface area contributed by atoms with Crippen LogP contribution in [-0.2, 0) is 0 Å². The molecule has 1 aliphatic heterocycles. The van der Waals surface area contributed by atoms with Crippen molar-refractivity contribution in [1.29, 1.82) is 5.26 Å². The number of hydrogen-bond acceptors (Lipinski definition) is 2. The molecule has 1 rings (SSSR count). The Hall–Kier alpha value is -0.810. The Morgan fingerprint density at radius 3 is 2.59 bits per heavy atom. The first kappa shape index (κ1) is 14.3. The molecule has 0 spiro atoms. The first-order chi connectivity index (χ1) is 8.26. The number of nitriles is 1. The van der Waals surface area contributed by atoms with Crippen molar-refractivity contribution in [2.24, 2.45) is 5.92 Å². The third-order valence-electron chi connectivity index (χ3n) is 3.75. The molecule has 0 aromatic rings. The van der Waals surface area contributed by atoms with Gasteiger partial charge < -0.3 is 0 Å². The van der Waals surface area contributed by atoms with Crippen LogP contribution in [0.1, 0.15) is 51.9 Å². The van der Waals surface area contributed by atoms with Crippen molar-refractivity contribution in [3.8, 4) is 6.07 Å². The molecule has 0 aromatic carbocycles. The molecule has 0 radical (unpaired) electrons. The van der Waals surface area contributed by atoms with E-state index in [1.54, 1.807) is 0 Å². The highest BCUT2D eigenvalue weighted by atomic mass is 15.1. The van der Waals surface area contributed by atoms with E-state index in [1.165, 1.54) is 44.9 Å². The first-order valence-electron chi connectivity index (χ1n) is 7.06. The molecule has 17 heavy (non-hydrogen) atoms. The molecule has 1 fully saturated rings. The summed E-state index contributed by atoms with van der Waals surface area (Å²) in [6, 6.07) is 2.14. The minimum atomic E-state index is 0.700. The van der Waals surface area contributed by atoms with E-state index < -0.39 is 0 Å². The molecule has 0 unspecified atom stereocenters. The van der Waals surface area contributed by atoms with Gasteiger partial charge in [0.1, 0.15) is 0 Å². The number of likely N-dealkylation sites (tertiary alicyclic amines) is 1. The molecule has 0 bridgehead atoms. The summed E-state index contributed by atoms with van der Waals surface area (Å²) in [4.78, 5) is 2.37. The third kappa shape index (κ3) is 5.89. The summed E-state index contributed by atoms with van der Waals surface area (Å²) in [5.74, 6) is 0.929. The van der Waals surface area contributed by atoms with Crippen LogP contribution in [0, 0.1) is 17.2 Å². The summed E-state index contributed by atoms with van der Waals surface area (Å²) in [6.45, 7) is 9.10. The molecule has 0 aliphatic carbocycles. The summed E-state index contributed by atoms with van der Waals surface area (Å²) in [6.07, 6.45) is 9.56. The van der Waals surface area contributed by atoms with Crippen molar-refractivity contribution < 1.29 is 0 Å². The molecule has 2 nitrogen and oxygen atoms in total. The zero-order valence-corrected chi connectivity index (χ0v) is 11.2. The molecule has 0 aromatic heterocycles. The smallest absolute Gasteiger partial charge is 0.0954 e. The zero-order chi connectivity index (χ0) is 12.5. The van der Waals surface area contributed by atoms with Gasteiger partial charge in [0.2, 0.25) is 0 Å². The van der Waals surface area contributed by atoms with Crippen LogP contribution in [0.25, 0.3) is 0 Å². The minimum absolute atomic E-state index is 0.700. The van der Waals surface area contributed by atoms with Gasteiger partial charge in [0.05, 0.1) is 6.07 Å². The number of nitrogens with zero attached hydrogens (tertiary/aromatic N) is 2. The summed E-state index contributed by atoms with van der Waals surface area (Å²) in [5.41, 5.74) is 0.700. The van der Waals surface area contributed by atoms with Crippen LogP contribution >= 0.6 is 0 Å². The molecule has 1 heterocycles. The number of rotatable bonds is 7. The third-order valence-corrected chi connectivity index (χ3v) is 3.75. The SMILES string of the molecule is C=C(C#N)CN1CCC(CCCCCC)CC1. The molecule has 96 valence electrons. The minimum Gasteiger partial charge on any atom is -0.298 e. The number of unbranched alkanes of at least 4 members (excludes halogenated alkanes) is 3. The van der Waals surface area contributed by atoms with Crippen LogP contribution < -0.4 is 0 Å². The van der Waals surface area contributed by atoms with Gasteiger partial charge in [0.15, 0.2) is 0 Å². The van der Waals surface area contributed by atoms with Gasteiger partial charge >= 0.3 is 0 Å². The van der Waals surface area contributed by atoms with Gasteiger partial charge in [-0.05, 0) is 31.8 Å². The molecule has 0 atom stereocenters. The van der Waals surface area contributed by atoms with Crippen LogP contribution in [0.2, 0.25) is 0 Å². The lowest BCUT2D eigenvalue weighted by molar-refractivity contribution is 0.190. The largest absolute Gasteiger partial charge is 0.298 e. The van der Waals surface area contributed by atoms with E-state index in [4.69, 9.17) is 5.26 Å². The van der Waals surface area contributed by atoms with Crippen LogP contribution in [0.4, 0.5) is 0 Å². The topological polar surface area (TPSA) is 27.0 Å². The molecule has 1 aliphatic rings. The Kier molecular flexibility index (Phi) is 6.96. The first-order valence-corrected chi connectivity index (χ1v) is 7.06. The number of hydrogen-bond donors (Lipinski definition) is 0. The van der Waals surface area contributed by atoms with Gasteiger partial charge in [0, 0.05) is 12.1 Å². The van der Waals surface area contributed by atoms with E-state index in [9.17, 15) is 0 Å². The van der Waals surface area contributed by atoms with Gasteiger partial charge in [0.25, 0.3) is 0 Å². The fourth-order valence-corrected chi connectivity index (χ4v) is 2.60. The van der Waals surface area contributed by atoms with E-state index in [-0.39, 0.29) is 0 Å². The average molecular weight is 234 g/mol. The van der Waals surface area contributed by atoms with Crippen molar-refractivity contribution in [3.05, 3.63) is 12.2 Å². The number of piperidine rings is 1. The summed E-state index contributed by atoms with van der Waals surface area (Å²) in [5, 5.41) is 8.71. The van der Waals surface area contributed by atoms with Crippen LogP contribution in [-0.4, -0.2) is 24.5 Å². The van der Waals surface area contributed by atoms with Crippen molar-refractivity contribution >= 4 is 0 Å². The monoisotopic (exact) mass is 234 g/mol. The molecule has 0 amide bonds. The van der Waals surface area contributed by atoms with E-state index in [0.717, 1.165) is 25.6 Å². The van der Waals surface area contributed by atoms with E-state index in [0.29, 0.717) is 5.57 Å².